The highest BCUT2D eigenvalue weighted by Crippen LogP contribution is 2.44. The van der Waals surface area contributed by atoms with Gasteiger partial charge < -0.3 is 14.8 Å². The number of methoxy groups -OCH3 is 2. The van der Waals surface area contributed by atoms with E-state index >= 15 is 0 Å². The Balaban J connectivity index is 1.63. The third-order valence-electron chi connectivity index (χ3n) is 4.72. The van der Waals surface area contributed by atoms with Crippen LogP contribution in [0.2, 0.25) is 0 Å². The van der Waals surface area contributed by atoms with Gasteiger partial charge in [-0.25, -0.2) is 0 Å². The Labute approximate surface area is 115 Å². The molecule has 0 unspecified atom stereocenters. The number of ether oxygens (including phenoxy) is 2. The first kappa shape index (κ1) is 12.8. The van der Waals surface area contributed by atoms with Gasteiger partial charge in [0, 0.05) is 18.7 Å². The third kappa shape index (κ3) is 2.71. The van der Waals surface area contributed by atoms with E-state index in [1.165, 1.54) is 31.2 Å². The van der Waals surface area contributed by atoms with Gasteiger partial charge in [-0.3, -0.25) is 0 Å². The molecule has 0 radical (unpaired) electrons. The molecule has 0 aliphatic heterocycles. The van der Waals surface area contributed by atoms with Gasteiger partial charge in [0.25, 0.3) is 0 Å². The van der Waals surface area contributed by atoms with Gasteiger partial charge in [-0.2, -0.15) is 0 Å². The maximum atomic E-state index is 5.31. The minimum absolute atomic E-state index is 0.718. The van der Waals surface area contributed by atoms with Crippen LogP contribution in [-0.2, 0) is 6.54 Å². The average Bonchev–Trinajstić information content (AvgIpc) is 3.07. The van der Waals surface area contributed by atoms with Crippen molar-refractivity contribution < 1.29 is 9.47 Å². The van der Waals surface area contributed by atoms with Crippen LogP contribution in [0.5, 0.6) is 11.5 Å². The lowest BCUT2D eigenvalue weighted by Crippen LogP contribution is -2.33. The van der Waals surface area contributed by atoms with Crippen molar-refractivity contribution in [1.82, 2.24) is 5.32 Å². The van der Waals surface area contributed by atoms with Crippen molar-refractivity contribution in [3.05, 3.63) is 23.8 Å². The van der Waals surface area contributed by atoms with E-state index in [-0.39, 0.29) is 0 Å². The topological polar surface area (TPSA) is 30.5 Å². The molecule has 19 heavy (non-hydrogen) atoms. The summed E-state index contributed by atoms with van der Waals surface area (Å²) in [6.45, 7) is 0.904. The van der Waals surface area contributed by atoms with E-state index in [0.29, 0.717) is 0 Å². The lowest BCUT2D eigenvalue weighted by atomic mass is 9.95. The van der Waals surface area contributed by atoms with E-state index in [1.54, 1.807) is 14.2 Å². The van der Waals surface area contributed by atoms with E-state index in [4.69, 9.17) is 9.47 Å². The molecule has 104 valence electrons. The van der Waals surface area contributed by atoms with Gasteiger partial charge in [0.1, 0.15) is 11.5 Å². The molecule has 0 heterocycles. The van der Waals surface area contributed by atoms with Crippen molar-refractivity contribution in [3.8, 4) is 11.5 Å². The summed E-state index contributed by atoms with van der Waals surface area (Å²) in [6, 6.07) is 6.81. The fourth-order valence-electron chi connectivity index (χ4n) is 3.71. The van der Waals surface area contributed by atoms with Crippen LogP contribution in [0.15, 0.2) is 18.2 Å². The molecule has 2 bridgehead atoms. The second-order valence-corrected chi connectivity index (χ2v) is 5.88. The molecule has 3 rings (SSSR count). The molecule has 3 atom stereocenters. The minimum atomic E-state index is 0.718. The maximum absolute atomic E-state index is 5.31. The molecule has 0 spiro atoms. The quantitative estimate of drug-likeness (QED) is 0.884. The standard InChI is InChI=1S/C16H23NO2/c1-18-14-6-12(7-15(9-14)19-2)10-17-16-8-11-3-4-13(16)5-11/h6-7,9,11,13,16-17H,3-5,8,10H2,1-2H3/t11-,13-,16-/m0/s1. The molecule has 0 amide bonds. The number of hydrogen-bond acceptors (Lipinski definition) is 3. The number of hydrogen-bond donors (Lipinski definition) is 1. The molecule has 2 fully saturated rings. The van der Waals surface area contributed by atoms with Crippen LogP contribution in [0.3, 0.4) is 0 Å². The van der Waals surface area contributed by atoms with E-state index in [0.717, 1.165) is 35.9 Å². The van der Waals surface area contributed by atoms with Crippen molar-refractivity contribution >= 4 is 0 Å². The summed E-state index contributed by atoms with van der Waals surface area (Å²) >= 11 is 0. The van der Waals surface area contributed by atoms with Crippen LogP contribution in [-0.4, -0.2) is 20.3 Å². The van der Waals surface area contributed by atoms with Gasteiger partial charge in [-0.15, -0.1) is 0 Å². The summed E-state index contributed by atoms with van der Waals surface area (Å²) in [5, 5.41) is 3.72. The largest absolute Gasteiger partial charge is 0.497 e. The average molecular weight is 261 g/mol. The Bertz CT molecular complexity index is 424. The Hall–Kier alpha value is -1.22. The summed E-state index contributed by atoms with van der Waals surface area (Å²) in [6.07, 6.45) is 5.68. The van der Waals surface area contributed by atoms with E-state index in [1.807, 2.05) is 6.07 Å². The summed E-state index contributed by atoms with van der Waals surface area (Å²) in [4.78, 5) is 0. The maximum Gasteiger partial charge on any atom is 0.122 e. The fourth-order valence-corrected chi connectivity index (χ4v) is 3.71. The van der Waals surface area contributed by atoms with Crippen molar-refractivity contribution in [2.75, 3.05) is 14.2 Å². The zero-order chi connectivity index (χ0) is 13.2. The Morgan fingerprint density at radius 2 is 1.79 bits per heavy atom. The molecule has 2 saturated carbocycles. The molecule has 3 nitrogen and oxygen atoms in total. The monoisotopic (exact) mass is 261 g/mol. The zero-order valence-corrected chi connectivity index (χ0v) is 11.8. The number of rotatable bonds is 5. The van der Waals surface area contributed by atoms with Crippen molar-refractivity contribution in [3.63, 3.8) is 0 Å². The molecule has 2 aliphatic rings. The van der Waals surface area contributed by atoms with E-state index < -0.39 is 0 Å². The molecular formula is C16H23NO2. The predicted molar refractivity (Wildman–Crippen MR) is 75.6 cm³/mol. The minimum Gasteiger partial charge on any atom is -0.497 e. The van der Waals surface area contributed by atoms with Crippen LogP contribution in [0.25, 0.3) is 0 Å². The van der Waals surface area contributed by atoms with Crippen LogP contribution in [0.4, 0.5) is 0 Å². The predicted octanol–water partition coefficient (Wildman–Crippen LogP) is 2.98. The highest BCUT2D eigenvalue weighted by molar-refractivity contribution is 5.38. The first-order valence-corrected chi connectivity index (χ1v) is 7.24. The summed E-state index contributed by atoms with van der Waals surface area (Å²) < 4.78 is 10.6. The lowest BCUT2D eigenvalue weighted by molar-refractivity contribution is 0.349. The van der Waals surface area contributed by atoms with Crippen molar-refractivity contribution in [2.45, 2.75) is 38.3 Å². The zero-order valence-electron chi connectivity index (χ0n) is 11.8. The SMILES string of the molecule is COc1cc(CN[C@H]2C[C@H]3CC[C@H]2C3)cc(OC)c1. The molecule has 2 aliphatic carbocycles. The van der Waals surface area contributed by atoms with E-state index in [9.17, 15) is 0 Å². The first-order chi connectivity index (χ1) is 9.28. The molecule has 1 aromatic rings. The molecule has 3 heteroatoms. The smallest absolute Gasteiger partial charge is 0.122 e. The van der Waals surface area contributed by atoms with E-state index in [2.05, 4.69) is 17.4 Å². The highest BCUT2D eigenvalue weighted by Gasteiger charge is 2.38. The fraction of sp³-hybridized carbons (Fsp3) is 0.625. The summed E-state index contributed by atoms with van der Waals surface area (Å²) in [7, 11) is 3.39. The molecule has 1 aromatic carbocycles. The highest BCUT2D eigenvalue weighted by atomic mass is 16.5. The Morgan fingerprint density at radius 3 is 2.32 bits per heavy atom. The number of benzene rings is 1. The van der Waals surface area contributed by atoms with Crippen molar-refractivity contribution in [1.29, 1.82) is 0 Å². The normalized spacial score (nSPS) is 28.6. The third-order valence-corrected chi connectivity index (χ3v) is 4.72. The molecule has 0 aromatic heterocycles. The Morgan fingerprint density at radius 1 is 1.05 bits per heavy atom. The molecular weight excluding hydrogens is 238 g/mol. The first-order valence-electron chi connectivity index (χ1n) is 7.24. The van der Waals surface area contributed by atoms with Gasteiger partial charge >= 0.3 is 0 Å². The molecule has 0 saturated heterocycles. The summed E-state index contributed by atoms with van der Waals surface area (Å²) in [5.74, 6) is 3.63. The van der Waals surface area contributed by atoms with Gasteiger partial charge in [0.05, 0.1) is 14.2 Å². The van der Waals surface area contributed by atoms with Crippen molar-refractivity contribution in [2.24, 2.45) is 11.8 Å². The van der Waals surface area contributed by atoms with Crippen LogP contribution in [0.1, 0.15) is 31.2 Å². The van der Waals surface area contributed by atoms with Crippen LogP contribution < -0.4 is 14.8 Å². The van der Waals surface area contributed by atoms with Gasteiger partial charge in [-0.05, 0) is 48.8 Å². The lowest BCUT2D eigenvalue weighted by Gasteiger charge is -2.23. The second-order valence-electron chi connectivity index (χ2n) is 5.88. The number of fused-ring (bicyclic) bond motifs is 2. The van der Waals surface area contributed by atoms with Gasteiger partial charge in [0.2, 0.25) is 0 Å². The molecule has 1 N–H and O–H groups in total. The Kier molecular flexibility index (Phi) is 3.65. The summed E-state index contributed by atoms with van der Waals surface area (Å²) in [5.41, 5.74) is 1.24. The van der Waals surface area contributed by atoms with Gasteiger partial charge in [-0.1, -0.05) is 6.42 Å². The van der Waals surface area contributed by atoms with Crippen LogP contribution >= 0.6 is 0 Å². The van der Waals surface area contributed by atoms with Gasteiger partial charge in [0.15, 0.2) is 0 Å². The second kappa shape index (κ2) is 5.41. The van der Waals surface area contributed by atoms with Crippen LogP contribution in [0, 0.1) is 11.8 Å². The number of nitrogens with one attached hydrogen (secondary N) is 1.